The van der Waals surface area contributed by atoms with Crippen molar-refractivity contribution in [1.29, 1.82) is 0 Å². The molecule has 0 saturated carbocycles. The maximum atomic E-state index is 12.3. The van der Waals surface area contributed by atoms with E-state index in [1.165, 1.54) is 17.7 Å². The van der Waals surface area contributed by atoms with E-state index in [9.17, 15) is 4.79 Å². The predicted molar refractivity (Wildman–Crippen MR) is 97.7 cm³/mol. The van der Waals surface area contributed by atoms with Gasteiger partial charge in [0, 0.05) is 23.5 Å². The van der Waals surface area contributed by atoms with Gasteiger partial charge in [0.25, 0.3) is 0 Å². The summed E-state index contributed by atoms with van der Waals surface area (Å²) in [5.41, 5.74) is 2.91. The zero-order chi connectivity index (χ0) is 16.6. The van der Waals surface area contributed by atoms with Crippen LogP contribution in [0.4, 0.5) is 16.2 Å². The summed E-state index contributed by atoms with van der Waals surface area (Å²) in [4.78, 5) is 14.1. The second-order valence-corrected chi connectivity index (χ2v) is 8.83. The monoisotopic (exact) mass is 334 g/mol. The van der Waals surface area contributed by atoms with Crippen molar-refractivity contribution in [2.45, 2.75) is 57.4 Å². The van der Waals surface area contributed by atoms with Crippen molar-refractivity contribution in [2.75, 3.05) is 22.5 Å². The molecule has 2 unspecified atom stereocenters. The fourth-order valence-electron chi connectivity index (χ4n) is 3.13. The van der Waals surface area contributed by atoms with Crippen LogP contribution in [0, 0.1) is 0 Å². The first-order chi connectivity index (χ1) is 10.8. The van der Waals surface area contributed by atoms with Gasteiger partial charge in [0.1, 0.15) is 5.60 Å². The molecule has 0 bridgehead atoms. The summed E-state index contributed by atoms with van der Waals surface area (Å²) >= 11 is 2.03. The van der Waals surface area contributed by atoms with Crippen molar-refractivity contribution in [3.8, 4) is 0 Å². The minimum Gasteiger partial charge on any atom is -0.443 e. The largest absolute Gasteiger partial charge is 0.443 e. The van der Waals surface area contributed by atoms with Crippen LogP contribution < -0.4 is 10.2 Å². The van der Waals surface area contributed by atoms with Gasteiger partial charge in [0.2, 0.25) is 0 Å². The lowest BCUT2D eigenvalue weighted by Gasteiger charge is -2.25. The lowest BCUT2D eigenvalue weighted by molar-refractivity contribution is 0.0584. The molecule has 0 aliphatic carbocycles. The minimum absolute atomic E-state index is 0.252. The summed E-state index contributed by atoms with van der Waals surface area (Å²) in [7, 11) is 0. The number of rotatable bonds is 2. The van der Waals surface area contributed by atoms with Crippen LogP contribution in [-0.4, -0.2) is 35.3 Å². The molecule has 0 spiro atoms. The van der Waals surface area contributed by atoms with Crippen LogP contribution in [-0.2, 0) is 11.2 Å². The van der Waals surface area contributed by atoms with Crippen LogP contribution in [0.25, 0.3) is 0 Å². The highest BCUT2D eigenvalue weighted by atomic mass is 32.2. The lowest BCUT2D eigenvalue weighted by Crippen LogP contribution is -2.35. The van der Waals surface area contributed by atoms with Gasteiger partial charge in [-0.05, 0) is 63.1 Å². The van der Waals surface area contributed by atoms with Crippen LogP contribution >= 0.6 is 11.8 Å². The second-order valence-electron chi connectivity index (χ2n) is 7.34. The third-order valence-corrected chi connectivity index (χ3v) is 5.64. The number of amides is 1. The fourth-order valence-corrected chi connectivity index (χ4v) is 4.33. The number of hydrogen-bond acceptors (Lipinski definition) is 4. The number of benzene rings is 1. The van der Waals surface area contributed by atoms with Crippen molar-refractivity contribution < 1.29 is 9.53 Å². The van der Waals surface area contributed by atoms with Crippen molar-refractivity contribution in [3.63, 3.8) is 0 Å². The van der Waals surface area contributed by atoms with Gasteiger partial charge in [0.15, 0.2) is 0 Å². The number of nitrogens with zero attached hydrogens (tertiary/aromatic N) is 1. The molecule has 1 aromatic rings. The van der Waals surface area contributed by atoms with E-state index in [-0.39, 0.29) is 6.09 Å². The molecule has 1 aromatic carbocycles. The van der Waals surface area contributed by atoms with Gasteiger partial charge < -0.3 is 10.1 Å². The molecule has 0 aromatic heterocycles. The van der Waals surface area contributed by atoms with E-state index in [0.29, 0.717) is 17.8 Å². The Hall–Kier alpha value is -1.36. The molecule has 2 aliphatic heterocycles. The van der Waals surface area contributed by atoms with Crippen LogP contribution in [0.15, 0.2) is 18.2 Å². The van der Waals surface area contributed by atoms with Gasteiger partial charge in [-0.3, -0.25) is 4.90 Å². The first-order valence-electron chi connectivity index (χ1n) is 8.35. The number of anilines is 2. The Labute approximate surface area is 143 Å². The summed E-state index contributed by atoms with van der Waals surface area (Å²) in [6.07, 6.45) is 1.85. The van der Waals surface area contributed by atoms with E-state index < -0.39 is 5.60 Å². The molecule has 5 heteroatoms. The van der Waals surface area contributed by atoms with Gasteiger partial charge in [-0.25, -0.2) is 4.79 Å². The van der Waals surface area contributed by atoms with Crippen molar-refractivity contribution >= 4 is 29.2 Å². The van der Waals surface area contributed by atoms with Gasteiger partial charge >= 0.3 is 6.09 Å². The Morgan fingerprint density at radius 3 is 2.83 bits per heavy atom. The predicted octanol–water partition coefficient (Wildman–Crippen LogP) is 4.29. The molecule has 1 amide bonds. The van der Waals surface area contributed by atoms with Gasteiger partial charge in [-0.15, -0.1) is 0 Å². The number of thioether (sulfide) groups is 1. The topological polar surface area (TPSA) is 41.6 Å². The third kappa shape index (κ3) is 3.77. The van der Waals surface area contributed by atoms with Crippen molar-refractivity contribution in [1.82, 2.24) is 0 Å². The van der Waals surface area contributed by atoms with Crippen LogP contribution in [0.3, 0.4) is 0 Å². The van der Waals surface area contributed by atoms with Gasteiger partial charge in [-0.1, -0.05) is 6.92 Å². The smallest absolute Gasteiger partial charge is 0.414 e. The highest BCUT2D eigenvalue weighted by molar-refractivity contribution is 8.00. The SMILES string of the molecule is CC1SCCC1Nc1ccc2c(c1)CCN2C(=O)OC(C)(C)C. The number of nitrogens with one attached hydrogen (secondary N) is 1. The van der Waals surface area contributed by atoms with E-state index >= 15 is 0 Å². The molecule has 1 fully saturated rings. The molecule has 4 nitrogen and oxygen atoms in total. The summed E-state index contributed by atoms with van der Waals surface area (Å²) in [6.45, 7) is 8.68. The molecule has 0 radical (unpaired) electrons. The number of carbonyl (C=O) groups is 1. The standard InChI is InChI=1S/C18H26N2O2S/c1-12-15(8-10-23-12)19-14-5-6-16-13(11-14)7-9-20(16)17(21)22-18(2,3)4/h5-6,11-12,15,19H,7-10H2,1-4H3. The maximum absolute atomic E-state index is 12.3. The van der Waals surface area contributed by atoms with E-state index in [2.05, 4.69) is 24.4 Å². The fraction of sp³-hybridized carbons (Fsp3) is 0.611. The lowest BCUT2D eigenvalue weighted by atomic mass is 10.1. The number of ether oxygens (including phenoxy) is 1. The zero-order valence-electron chi connectivity index (χ0n) is 14.4. The summed E-state index contributed by atoms with van der Waals surface area (Å²) in [6, 6.07) is 6.86. The van der Waals surface area contributed by atoms with Gasteiger partial charge in [0.05, 0.1) is 5.69 Å². The van der Waals surface area contributed by atoms with Crippen LogP contribution in [0.1, 0.15) is 39.7 Å². The Morgan fingerprint density at radius 2 is 2.17 bits per heavy atom. The highest BCUT2D eigenvalue weighted by Crippen LogP contribution is 2.34. The molecule has 1 N–H and O–H groups in total. The second kappa shape index (κ2) is 6.27. The molecule has 3 rings (SSSR count). The number of fused-ring (bicyclic) bond motifs is 1. The van der Waals surface area contributed by atoms with E-state index in [0.717, 1.165) is 17.8 Å². The molecular formula is C18H26N2O2S. The third-order valence-electron chi connectivity index (χ3n) is 4.32. The summed E-state index contributed by atoms with van der Waals surface area (Å²) in [5, 5.41) is 4.30. The Balaban J connectivity index is 1.71. The summed E-state index contributed by atoms with van der Waals surface area (Å²) in [5.74, 6) is 1.23. The average Bonchev–Trinajstić information content (AvgIpc) is 3.03. The van der Waals surface area contributed by atoms with Crippen LogP contribution in [0.2, 0.25) is 0 Å². The molecule has 126 valence electrons. The zero-order valence-corrected chi connectivity index (χ0v) is 15.2. The van der Waals surface area contributed by atoms with Crippen LogP contribution in [0.5, 0.6) is 0 Å². The van der Waals surface area contributed by atoms with Crippen molar-refractivity contribution in [3.05, 3.63) is 23.8 Å². The first-order valence-corrected chi connectivity index (χ1v) is 9.40. The molecule has 2 atom stereocenters. The number of carbonyl (C=O) groups excluding carboxylic acids is 1. The minimum atomic E-state index is -0.461. The van der Waals surface area contributed by atoms with E-state index in [1.54, 1.807) is 4.90 Å². The summed E-state index contributed by atoms with van der Waals surface area (Å²) < 4.78 is 5.50. The Morgan fingerprint density at radius 1 is 1.39 bits per heavy atom. The average molecular weight is 334 g/mol. The van der Waals surface area contributed by atoms with E-state index in [4.69, 9.17) is 4.74 Å². The molecule has 23 heavy (non-hydrogen) atoms. The quantitative estimate of drug-likeness (QED) is 0.876. The highest BCUT2D eigenvalue weighted by Gasteiger charge is 2.29. The molecule has 2 aliphatic rings. The normalized spacial score (nSPS) is 23.7. The van der Waals surface area contributed by atoms with E-state index in [1.807, 2.05) is 38.6 Å². The number of hydrogen-bond donors (Lipinski definition) is 1. The van der Waals surface area contributed by atoms with Crippen molar-refractivity contribution in [2.24, 2.45) is 0 Å². The van der Waals surface area contributed by atoms with Gasteiger partial charge in [-0.2, -0.15) is 11.8 Å². The molecule has 2 heterocycles. The first kappa shape index (κ1) is 16.5. The molecular weight excluding hydrogens is 308 g/mol. The Kier molecular flexibility index (Phi) is 4.50. The molecule has 1 saturated heterocycles. The maximum Gasteiger partial charge on any atom is 0.414 e. The Bertz CT molecular complexity index is 597.